The molecule has 1 atom stereocenters. The number of nitrogens with zero attached hydrogens (tertiary/aromatic N) is 1. The average molecular weight is 367 g/mol. The molecule has 0 bridgehead atoms. The summed E-state index contributed by atoms with van der Waals surface area (Å²) >= 11 is 0. The second-order valence-corrected chi connectivity index (χ2v) is 7.29. The molecule has 144 valence electrons. The first kappa shape index (κ1) is 19.6. The summed E-state index contributed by atoms with van der Waals surface area (Å²) in [6.07, 6.45) is 5.17. The number of hydrogen-bond acceptors (Lipinski definition) is 3. The minimum atomic E-state index is 0.0415. The minimum absolute atomic E-state index is 0.0415. The first-order chi connectivity index (χ1) is 13.2. The molecular weight excluding hydrogens is 336 g/mol. The van der Waals surface area contributed by atoms with E-state index in [1.165, 1.54) is 24.0 Å². The SMILES string of the molecule is CCC(=O)Nc1ccc(CN2CC(CCc3ccccc3)CCCO2)cc1. The summed E-state index contributed by atoms with van der Waals surface area (Å²) in [7, 11) is 0. The van der Waals surface area contributed by atoms with Gasteiger partial charge in [-0.25, -0.2) is 0 Å². The van der Waals surface area contributed by atoms with Gasteiger partial charge in [-0.05, 0) is 54.9 Å². The number of benzene rings is 2. The molecule has 1 unspecified atom stereocenters. The predicted molar refractivity (Wildman–Crippen MR) is 109 cm³/mol. The molecule has 0 aromatic heterocycles. The quantitative estimate of drug-likeness (QED) is 0.764. The summed E-state index contributed by atoms with van der Waals surface area (Å²) in [5.74, 6) is 0.704. The van der Waals surface area contributed by atoms with Crippen LogP contribution in [-0.2, 0) is 22.6 Å². The second-order valence-electron chi connectivity index (χ2n) is 7.29. The molecule has 4 heteroatoms. The molecule has 2 aromatic rings. The summed E-state index contributed by atoms with van der Waals surface area (Å²) in [6.45, 7) is 4.41. The third kappa shape index (κ3) is 6.49. The number of carbonyl (C=O) groups is 1. The van der Waals surface area contributed by atoms with E-state index in [1.54, 1.807) is 0 Å². The Bertz CT molecular complexity index is 700. The zero-order valence-corrected chi connectivity index (χ0v) is 16.2. The van der Waals surface area contributed by atoms with E-state index in [0.717, 1.165) is 38.2 Å². The molecular formula is C23H30N2O2. The van der Waals surface area contributed by atoms with Gasteiger partial charge in [-0.2, -0.15) is 5.06 Å². The van der Waals surface area contributed by atoms with Crippen molar-refractivity contribution in [3.05, 3.63) is 65.7 Å². The third-order valence-corrected chi connectivity index (χ3v) is 5.09. The van der Waals surface area contributed by atoms with Gasteiger partial charge in [0, 0.05) is 25.2 Å². The van der Waals surface area contributed by atoms with Crippen LogP contribution in [0.1, 0.15) is 43.7 Å². The topological polar surface area (TPSA) is 41.6 Å². The molecule has 0 radical (unpaired) electrons. The Morgan fingerprint density at radius 1 is 1.11 bits per heavy atom. The van der Waals surface area contributed by atoms with Gasteiger partial charge in [0.2, 0.25) is 5.91 Å². The van der Waals surface area contributed by atoms with E-state index in [-0.39, 0.29) is 5.91 Å². The number of carbonyl (C=O) groups excluding carboxylic acids is 1. The summed E-state index contributed by atoms with van der Waals surface area (Å²) in [6, 6.07) is 18.8. The van der Waals surface area contributed by atoms with E-state index in [2.05, 4.69) is 52.8 Å². The van der Waals surface area contributed by atoms with E-state index in [4.69, 9.17) is 4.84 Å². The summed E-state index contributed by atoms with van der Waals surface area (Å²) < 4.78 is 0. The van der Waals surface area contributed by atoms with Crippen LogP contribution in [-0.4, -0.2) is 24.1 Å². The van der Waals surface area contributed by atoms with E-state index in [1.807, 2.05) is 19.1 Å². The fraction of sp³-hybridized carbons (Fsp3) is 0.435. The van der Waals surface area contributed by atoms with Crippen molar-refractivity contribution in [3.8, 4) is 0 Å². The summed E-state index contributed by atoms with van der Waals surface area (Å²) in [4.78, 5) is 17.4. The Kier molecular flexibility index (Phi) is 7.43. The molecule has 1 N–H and O–H groups in total. The normalized spacial score (nSPS) is 18.0. The van der Waals surface area contributed by atoms with Gasteiger partial charge in [-0.1, -0.05) is 49.4 Å². The molecule has 1 heterocycles. The van der Waals surface area contributed by atoms with E-state index >= 15 is 0 Å². The molecule has 1 fully saturated rings. The van der Waals surface area contributed by atoms with Crippen molar-refractivity contribution < 1.29 is 9.63 Å². The molecule has 2 aromatic carbocycles. The Morgan fingerprint density at radius 3 is 2.63 bits per heavy atom. The fourth-order valence-corrected chi connectivity index (χ4v) is 3.51. The molecule has 1 saturated heterocycles. The van der Waals surface area contributed by atoms with Gasteiger partial charge in [0.1, 0.15) is 0 Å². The van der Waals surface area contributed by atoms with E-state index in [9.17, 15) is 4.79 Å². The lowest BCUT2D eigenvalue weighted by molar-refractivity contribution is -0.163. The second kappa shape index (κ2) is 10.2. The van der Waals surface area contributed by atoms with Gasteiger partial charge >= 0.3 is 0 Å². The van der Waals surface area contributed by atoms with Crippen molar-refractivity contribution in [3.63, 3.8) is 0 Å². The number of hydroxylamine groups is 2. The Morgan fingerprint density at radius 2 is 1.89 bits per heavy atom. The van der Waals surface area contributed by atoms with Crippen LogP contribution in [0.4, 0.5) is 5.69 Å². The third-order valence-electron chi connectivity index (χ3n) is 5.09. The van der Waals surface area contributed by atoms with Crippen molar-refractivity contribution in [2.24, 2.45) is 5.92 Å². The van der Waals surface area contributed by atoms with Gasteiger partial charge in [0.05, 0.1) is 6.61 Å². The average Bonchev–Trinajstić information content (AvgIpc) is 2.93. The van der Waals surface area contributed by atoms with Crippen LogP contribution in [0, 0.1) is 5.92 Å². The van der Waals surface area contributed by atoms with Crippen LogP contribution in [0.5, 0.6) is 0 Å². The van der Waals surface area contributed by atoms with Crippen LogP contribution in [0.25, 0.3) is 0 Å². The number of hydrogen-bond donors (Lipinski definition) is 1. The lowest BCUT2D eigenvalue weighted by atomic mass is 9.95. The first-order valence-corrected chi connectivity index (χ1v) is 10.0. The highest BCUT2D eigenvalue weighted by molar-refractivity contribution is 5.90. The molecule has 27 heavy (non-hydrogen) atoms. The summed E-state index contributed by atoms with van der Waals surface area (Å²) in [5.41, 5.74) is 3.47. The molecule has 1 aliphatic rings. The molecule has 0 spiro atoms. The fourth-order valence-electron chi connectivity index (χ4n) is 3.51. The molecule has 3 rings (SSSR count). The lowest BCUT2D eigenvalue weighted by Crippen LogP contribution is -2.27. The zero-order valence-electron chi connectivity index (χ0n) is 16.2. The maximum atomic E-state index is 11.5. The van der Waals surface area contributed by atoms with Crippen LogP contribution in [0.2, 0.25) is 0 Å². The molecule has 4 nitrogen and oxygen atoms in total. The number of aryl methyl sites for hydroxylation is 1. The maximum Gasteiger partial charge on any atom is 0.224 e. The predicted octanol–water partition coefficient (Wildman–Crippen LogP) is 4.81. The van der Waals surface area contributed by atoms with Gasteiger partial charge in [-0.3, -0.25) is 9.63 Å². The lowest BCUT2D eigenvalue weighted by Gasteiger charge is -2.23. The maximum absolute atomic E-state index is 11.5. The van der Waals surface area contributed by atoms with E-state index in [0.29, 0.717) is 12.3 Å². The summed E-state index contributed by atoms with van der Waals surface area (Å²) in [5, 5.41) is 5.00. The number of anilines is 1. The van der Waals surface area contributed by atoms with Crippen molar-refractivity contribution in [2.45, 2.75) is 45.6 Å². The van der Waals surface area contributed by atoms with Crippen LogP contribution < -0.4 is 5.32 Å². The Balaban J connectivity index is 1.52. The smallest absolute Gasteiger partial charge is 0.224 e. The first-order valence-electron chi connectivity index (χ1n) is 10.0. The van der Waals surface area contributed by atoms with E-state index < -0.39 is 0 Å². The monoisotopic (exact) mass is 366 g/mol. The van der Waals surface area contributed by atoms with Gasteiger partial charge < -0.3 is 5.32 Å². The highest BCUT2D eigenvalue weighted by Crippen LogP contribution is 2.22. The zero-order chi connectivity index (χ0) is 18.9. The Labute approximate surface area is 162 Å². The number of amides is 1. The molecule has 1 aliphatic heterocycles. The van der Waals surface area contributed by atoms with Gasteiger partial charge in [-0.15, -0.1) is 0 Å². The van der Waals surface area contributed by atoms with Gasteiger partial charge in [0.15, 0.2) is 0 Å². The van der Waals surface area contributed by atoms with Crippen LogP contribution >= 0.6 is 0 Å². The van der Waals surface area contributed by atoms with Crippen molar-refractivity contribution in [2.75, 3.05) is 18.5 Å². The largest absolute Gasteiger partial charge is 0.326 e. The molecule has 1 amide bonds. The standard InChI is InChI=1S/C23H30N2O2/c1-2-23(26)24-22-14-12-21(13-15-22)18-25-17-20(9-6-16-27-25)11-10-19-7-4-3-5-8-19/h3-5,7-8,12-15,20H,2,6,9-11,16-18H2,1H3,(H,24,26). The van der Waals surface area contributed by atoms with Crippen LogP contribution in [0.3, 0.4) is 0 Å². The van der Waals surface area contributed by atoms with Crippen molar-refractivity contribution in [1.29, 1.82) is 0 Å². The minimum Gasteiger partial charge on any atom is -0.326 e. The van der Waals surface area contributed by atoms with Crippen molar-refractivity contribution >= 4 is 11.6 Å². The highest BCUT2D eigenvalue weighted by Gasteiger charge is 2.19. The number of rotatable bonds is 7. The highest BCUT2D eigenvalue weighted by atomic mass is 16.7. The Hall–Kier alpha value is -2.17. The van der Waals surface area contributed by atoms with Crippen molar-refractivity contribution in [1.82, 2.24) is 5.06 Å². The van der Waals surface area contributed by atoms with Gasteiger partial charge in [0.25, 0.3) is 0 Å². The van der Waals surface area contributed by atoms with Crippen LogP contribution in [0.15, 0.2) is 54.6 Å². The molecule has 0 saturated carbocycles. The molecule has 0 aliphatic carbocycles. The number of nitrogens with one attached hydrogen (secondary N) is 1.